The maximum absolute atomic E-state index is 12.9. The minimum atomic E-state index is -0.681. The fourth-order valence-electron chi connectivity index (χ4n) is 4.07. The van der Waals surface area contributed by atoms with E-state index in [4.69, 9.17) is 4.52 Å². The molecule has 4 rings (SSSR count). The van der Waals surface area contributed by atoms with Crippen molar-refractivity contribution in [3.8, 4) is 11.1 Å². The number of amides is 1. The molecule has 2 atom stereocenters. The maximum Gasteiger partial charge on any atom is 0.231 e. The molecule has 0 saturated carbocycles. The van der Waals surface area contributed by atoms with Gasteiger partial charge in [-0.1, -0.05) is 59.8 Å². The Morgan fingerprint density at radius 2 is 1.81 bits per heavy atom. The molecule has 1 amide bonds. The lowest BCUT2D eigenvalue weighted by Crippen LogP contribution is -2.41. The zero-order valence-corrected chi connectivity index (χ0v) is 17.5. The van der Waals surface area contributed by atoms with E-state index < -0.39 is 12.1 Å². The summed E-state index contributed by atoms with van der Waals surface area (Å²) in [6.07, 6.45) is 0.571. The zero-order valence-electron chi connectivity index (χ0n) is 17.5. The van der Waals surface area contributed by atoms with Crippen LogP contribution >= 0.6 is 0 Å². The smallest absolute Gasteiger partial charge is 0.231 e. The van der Waals surface area contributed by atoms with Gasteiger partial charge in [0.15, 0.2) is 5.78 Å². The van der Waals surface area contributed by atoms with Gasteiger partial charge in [-0.15, -0.1) is 0 Å². The van der Waals surface area contributed by atoms with Crippen LogP contribution in [0.5, 0.6) is 0 Å². The van der Waals surface area contributed by atoms with Crippen molar-refractivity contribution in [2.45, 2.75) is 44.8 Å². The lowest BCUT2D eigenvalue weighted by molar-refractivity contribution is -0.137. The number of aliphatic hydroxyl groups is 1. The van der Waals surface area contributed by atoms with Crippen molar-refractivity contribution in [2.75, 3.05) is 6.54 Å². The molecule has 160 valence electrons. The Kier molecular flexibility index (Phi) is 6.28. The third kappa shape index (κ3) is 5.09. The van der Waals surface area contributed by atoms with Crippen molar-refractivity contribution in [1.29, 1.82) is 0 Å². The molecule has 1 aromatic heterocycles. The van der Waals surface area contributed by atoms with Gasteiger partial charge < -0.3 is 14.5 Å². The molecular formula is C25H26N2O4. The summed E-state index contributed by atoms with van der Waals surface area (Å²) >= 11 is 0. The number of benzene rings is 2. The van der Waals surface area contributed by atoms with E-state index in [1.807, 2.05) is 30.3 Å². The number of aromatic nitrogens is 1. The van der Waals surface area contributed by atoms with E-state index in [1.54, 1.807) is 13.0 Å². The number of aryl methyl sites for hydroxylation is 2. The Bertz CT molecular complexity index is 1040. The summed E-state index contributed by atoms with van der Waals surface area (Å²) in [5, 5.41) is 13.9. The molecule has 0 radical (unpaired) electrons. The minimum Gasteiger partial charge on any atom is -0.391 e. The van der Waals surface area contributed by atoms with Gasteiger partial charge in [-0.2, -0.15) is 0 Å². The first-order valence-corrected chi connectivity index (χ1v) is 10.6. The zero-order chi connectivity index (χ0) is 21.8. The van der Waals surface area contributed by atoms with Crippen LogP contribution in [-0.4, -0.2) is 45.5 Å². The summed E-state index contributed by atoms with van der Waals surface area (Å²) < 4.78 is 5.12. The van der Waals surface area contributed by atoms with E-state index in [0.29, 0.717) is 24.3 Å². The average Bonchev–Trinajstić information content (AvgIpc) is 3.38. The van der Waals surface area contributed by atoms with Gasteiger partial charge in [-0.3, -0.25) is 9.59 Å². The number of Topliss-reactive ketones (excluding diaryl/α,β-unsaturated/α-hetero) is 1. The average molecular weight is 418 g/mol. The lowest BCUT2D eigenvalue weighted by atomic mass is 9.99. The predicted octanol–water partition coefficient (Wildman–Crippen LogP) is 3.36. The van der Waals surface area contributed by atoms with Crippen molar-refractivity contribution in [2.24, 2.45) is 0 Å². The van der Waals surface area contributed by atoms with Crippen LogP contribution in [-0.2, 0) is 22.4 Å². The quantitative estimate of drug-likeness (QED) is 0.636. The summed E-state index contributed by atoms with van der Waals surface area (Å²) in [4.78, 5) is 27.1. The van der Waals surface area contributed by atoms with E-state index in [-0.39, 0.29) is 31.1 Å². The van der Waals surface area contributed by atoms with Gasteiger partial charge in [0.2, 0.25) is 5.91 Å². The van der Waals surface area contributed by atoms with Crippen molar-refractivity contribution < 1.29 is 19.2 Å². The summed E-state index contributed by atoms with van der Waals surface area (Å²) in [7, 11) is 0. The SMILES string of the molecule is Cc1cc(CC(=O)N2C[C@H](O)C[C@H]2C(=O)CCc2ccc(-c3ccccc3)cc2)on1. The molecule has 0 unspecified atom stereocenters. The minimum absolute atomic E-state index is 0.0224. The summed E-state index contributed by atoms with van der Waals surface area (Å²) in [6.45, 7) is 1.96. The van der Waals surface area contributed by atoms with Crippen molar-refractivity contribution in [1.82, 2.24) is 10.1 Å². The molecular weight excluding hydrogens is 392 g/mol. The predicted molar refractivity (Wildman–Crippen MR) is 116 cm³/mol. The standard InChI is InChI=1S/C25H26N2O4/c1-17-13-22(31-26-17)15-25(30)27-16-21(28)14-23(27)24(29)12-9-18-7-10-20(11-8-18)19-5-3-2-4-6-19/h2-8,10-11,13,21,23,28H,9,12,14-16H2,1H3/t21-,23+/m1/s1. The monoisotopic (exact) mass is 418 g/mol. The van der Waals surface area contributed by atoms with Crippen LogP contribution in [0.15, 0.2) is 65.2 Å². The topological polar surface area (TPSA) is 83.6 Å². The first-order valence-electron chi connectivity index (χ1n) is 10.6. The number of hydrogen-bond acceptors (Lipinski definition) is 5. The molecule has 1 N–H and O–H groups in total. The Hall–Kier alpha value is -3.25. The van der Waals surface area contributed by atoms with Gasteiger partial charge in [0.25, 0.3) is 0 Å². The number of rotatable bonds is 7. The van der Waals surface area contributed by atoms with Crippen molar-refractivity contribution >= 4 is 11.7 Å². The number of β-amino-alcohol motifs (C(OH)–C–C–N with tert-alkyl or cyclic N) is 1. The molecule has 1 saturated heterocycles. The Morgan fingerprint density at radius 3 is 2.48 bits per heavy atom. The van der Waals surface area contributed by atoms with E-state index in [1.165, 1.54) is 4.90 Å². The molecule has 0 aliphatic carbocycles. The number of likely N-dealkylation sites (tertiary alicyclic amines) is 1. The van der Waals surface area contributed by atoms with Crippen molar-refractivity contribution in [3.63, 3.8) is 0 Å². The third-order valence-electron chi connectivity index (χ3n) is 5.69. The van der Waals surface area contributed by atoms with Gasteiger partial charge in [0, 0.05) is 25.5 Å². The van der Waals surface area contributed by atoms with Crippen LogP contribution in [0.2, 0.25) is 0 Å². The second-order valence-corrected chi connectivity index (χ2v) is 8.09. The van der Waals surface area contributed by atoms with Gasteiger partial charge in [0.05, 0.1) is 24.3 Å². The molecule has 2 heterocycles. The third-order valence-corrected chi connectivity index (χ3v) is 5.69. The highest BCUT2D eigenvalue weighted by atomic mass is 16.5. The number of hydrogen-bond donors (Lipinski definition) is 1. The largest absolute Gasteiger partial charge is 0.391 e. The highest BCUT2D eigenvalue weighted by Crippen LogP contribution is 2.23. The summed E-state index contributed by atoms with van der Waals surface area (Å²) in [6, 6.07) is 19.4. The number of aliphatic hydroxyl groups excluding tert-OH is 1. The van der Waals surface area contributed by atoms with Gasteiger partial charge in [-0.05, 0) is 30.0 Å². The number of ketones is 1. The van der Waals surface area contributed by atoms with Crippen LogP contribution in [0.25, 0.3) is 11.1 Å². The number of carbonyl (C=O) groups excluding carboxylic acids is 2. The normalized spacial score (nSPS) is 18.3. The molecule has 1 fully saturated rings. The van der Waals surface area contributed by atoms with E-state index in [9.17, 15) is 14.7 Å². The van der Waals surface area contributed by atoms with Crippen LogP contribution < -0.4 is 0 Å². The van der Waals surface area contributed by atoms with E-state index in [0.717, 1.165) is 16.7 Å². The van der Waals surface area contributed by atoms with Gasteiger partial charge in [0.1, 0.15) is 5.76 Å². The molecule has 3 aromatic rings. The van der Waals surface area contributed by atoms with Crippen molar-refractivity contribution in [3.05, 3.63) is 77.7 Å². The Labute approximate surface area is 181 Å². The molecule has 0 bridgehead atoms. The fraction of sp³-hybridized carbons (Fsp3) is 0.320. The Balaban J connectivity index is 1.36. The molecule has 31 heavy (non-hydrogen) atoms. The van der Waals surface area contributed by atoms with Crippen LogP contribution in [0, 0.1) is 6.92 Å². The maximum atomic E-state index is 12.9. The second kappa shape index (κ2) is 9.27. The highest BCUT2D eigenvalue weighted by Gasteiger charge is 2.38. The molecule has 6 nitrogen and oxygen atoms in total. The van der Waals surface area contributed by atoms with Gasteiger partial charge >= 0.3 is 0 Å². The fourth-order valence-corrected chi connectivity index (χ4v) is 4.07. The Morgan fingerprint density at radius 1 is 1.10 bits per heavy atom. The summed E-state index contributed by atoms with van der Waals surface area (Å²) in [5.41, 5.74) is 4.06. The van der Waals surface area contributed by atoms with Gasteiger partial charge in [-0.25, -0.2) is 0 Å². The first kappa shape index (κ1) is 21.0. The molecule has 6 heteroatoms. The second-order valence-electron chi connectivity index (χ2n) is 8.09. The number of carbonyl (C=O) groups is 2. The molecule has 0 spiro atoms. The molecule has 2 aromatic carbocycles. The molecule has 1 aliphatic rings. The van der Waals surface area contributed by atoms with E-state index >= 15 is 0 Å². The summed E-state index contributed by atoms with van der Waals surface area (Å²) in [5.74, 6) is 0.220. The van der Waals surface area contributed by atoms with Crippen LogP contribution in [0.3, 0.4) is 0 Å². The van der Waals surface area contributed by atoms with Crippen LogP contribution in [0.1, 0.15) is 29.9 Å². The lowest BCUT2D eigenvalue weighted by Gasteiger charge is -2.23. The van der Waals surface area contributed by atoms with E-state index in [2.05, 4.69) is 29.4 Å². The van der Waals surface area contributed by atoms with Crippen LogP contribution in [0.4, 0.5) is 0 Å². The highest BCUT2D eigenvalue weighted by molar-refractivity contribution is 5.90. The first-order chi connectivity index (χ1) is 15.0. The number of nitrogens with zero attached hydrogens (tertiary/aromatic N) is 2. The molecule has 1 aliphatic heterocycles.